The van der Waals surface area contributed by atoms with E-state index in [-0.39, 0.29) is 30.5 Å². The predicted molar refractivity (Wildman–Crippen MR) is 123 cm³/mol. The molecule has 0 spiro atoms. The van der Waals surface area contributed by atoms with Crippen molar-refractivity contribution in [2.75, 3.05) is 11.9 Å². The molecule has 0 saturated heterocycles. The first-order valence-corrected chi connectivity index (χ1v) is 11.3. The number of amides is 2. The lowest BCUT2D eigenvalue weighted by molar-refractivity contribution is -0.133. The Morgan fingerprint density at radius 2 is 1.97 bits per heavy atom. The maximum Gasteiger partial charge on any atom is 0.224 e. The zero-order valence-electron chi connectivity index (χ0n) is 17.2. The van der Waals surface area contributed by atoms with Crippen LogP contribution in [-0.4, -0.2) is 33.2 Å². The molecule has 5 rings (SSSR count). The lowest BCUT2D eigenvalue weighted by Crippen LogP contribution is -2.35. The van der Waals surface area contributed by atoms with Crippen molar-refractivity contribution in [3.8, 4) is 11.4 Å². The van der Waals surface area contributed by atoms with Crippen LogP contribution in [-0.2, 0) is 22.6 Å². The third-order valence-electron chi connectivity index (χ3n) is 5.61. The van der Waals surface area contributed by atoms with E-state index in [1.165, 1.54) is 22.6 Å². The SMILES string of the molecule is O=C(CCC(=O)N1CCc2sccc2C1)Nc1ccc2nc(-c3ccc(F)cc3)[nH]c2c1. The zero-order valence-corrected chi connectivity index (χ0v) is 18.0. The number of nitrogens with one attached hydrogen (secondary N) is 2. The van der Waals surface area contributed by atoms with Gasteiger partial charge in [-0.3, -0.25) is 9.59 Å². The van der Waals surface area contributed by atoms with E-state index in [0.717, 1.165) is 23.0 Å². The number of fused-ring (bicyclic) bond motifs is 2. The summed E-state index contributed by atoms with van der Waals surface area (Å²) >= 11 is 1.74. The summed E-state index contributed by atoms with van der Waals surface area (Å²) in [5.74, 6) is 0.128. The smallest absolute Gasteiger partial charge is 0.224 e. The van der Waals surface area contributed by atoms with Gasteiger partial charge in [-0.1, -0.05) is 0 Å². The Morgan fingerprint density at radius 3 is 2.81 bits per heavy atom. The highest BCUT2D eigenvalue weighted by Gasteiger charge is 2.21. The van der Waals surface area contributed by atoms with Crippen LogP contribution in [0.15, 0.2) is 53.9 Å². The average Bonchev–Trinajstić information content (AvgIpc) is 3.44. The number of anilines is 1. The number of halogens is 1. The fourth-order valence-electron chi connectivity index (χ4n) is 3.90. The van der Waals surface area contributed by atoms with Gasteiger partial charge in [0, 0.05) is 42.1 Å². The molecular weight excluding hydrogens is 427 g/mol. The van der Waals surface area contributed by atoms with Crippen LogP contribution in [0.5, 0.6) is 0 Å². The number of nitrogens with zero attached hydrogens (tertiary/aromatic N) is 2. The van der Waals surface area contributed by atoms with E-state index in [1.54, 1.807) is 35.6 Å². The Morgan fingerprint density at radius 1 is 1.12 bits per heavy atom. The number of carbonyl (C=O) groups excluding carboxylic acids is 2. The van der Waals surface area contributed by atoms with E-state index in [0.29, 0.717) is 24.6 Å². The van der Waals surface area contributed by atoms with Crippen molar-refractivity contribution in [2.24, 2.45) is 0 Å². The number of rotatable bonds is 5. The second kappa shape index (κ2) is 8.55. The van der Waals surface area contributed by atoms with E-state index >= 15 is 0 Å². The molecule has 1 aliphatic heterocycles. The lowest BCUT2D eigenvalue weighted by atomic mass is 10.1. The maximum atomic E-state index is 13.2. The summed E-state index contributed by atoms with van der Waals surface area (Å²) in [5.41, 5.74) is 4.13. The molecule has 2 aromatic carbocycles. The van der Waals surface area contributed by atoms with Gasteiger partial charge in [-0.05, 0) is 65.9 Å². The van der Waals surface area contributed by atoms with Crippen molar-refractivity contribution in [3.05, 3.63) is 70.2 Å². The molecule has 2 amide bonds. The highest BCUT2D eigenvalue weighted by Crippen LogP contribution is 2.25. The first-order valence-electron chi connectivity index (χ1n) is 10.4. The highest BCUT2D eigenvalue weighted by molar-refractivity contribution is 7.10. The van der Waals surface area contributed by atoms with Gasteiger partial charge in [0.2, 0.25) is 11.8 Å². The number of imidazole rings is 1. The van der Waals surface area contributed by atoms with Gasteiger partial charge in [-0.2, -0.15) is 0 Å². The van der Waals surface area contributed by atoms with Crippen LogP contribution in [0.3, 0.4) is 0 Å². The number of benzene rings is 2. The molecule has 2 N–H and O–H groups in total. The summed E-state index contributed by atoms with van der Waals surface area (Å²) in [6.45, 7) is 1.34. The summed E-state index contributed by atoms with van der Waals surface area (Å²) in [7, 11) is 0. The molecule has 162 valence electrons. The van der Waals surface area contributed by atoms with Crippen molar-refractivity contribution in [1.29, 1.82) is 0 Å². The number of H-pyrrole nitrogens is 1. The first kappa shape index (κ1) is 20.4. The van der Waals surface area contributed by atoms with Crippen molar-refractivity contribution in [1.82, 2.24) is 14.9 Å². The lowest BCUT2D eigenvalue weighted by Gasteiger charge is -2.27. The maximum absolute atomic E-state index is 13.2. The molecule has 1 aliphatic rings. The molecule has 0 fully saturated rings. The standard InChI is InChI=1S/C24H21FN4O2S/c25-17-3-1-15(2-4-17)24-27-19-6-5-18(13-20(19)28-24)26-22(30)7-8-23(31)29-11-9-21-16(14-29)10-12-32-21/h1-6,10,12-13H,7-9,11,14H2,(H,26,30)(H,27,28). The number of carbonyl (C=O) groups is 2. The minimum atomic E-state index is -0.301. The third kappa shape index (κ3) is 4.27. The van der Waals surface area contributed by atoms with Crippen LogP contribution in [0.4, 0.5) is 10.1 Å². The van der Waals surface area contributed by atoms with Crippen molar-refractivity contribution >= 4 is 39.9 Å². The zero-order chi connectivity index (χ0) is 22.1. The molecule has 3 heterocycles. The summed E-state index contributed by atoms with van der Waals surface area (Å²) in [6.07, 6.45) is 1.20. The van der Waals surface area contributed by atoms with Gasteiger partial charge in [0.1, 0.15) is 11.6 Å². The molecular formula is C24H21FN4O2S. The number of aromatic nitrogens is 2. The predicted octanol–water partition coefficient (Wildman–Crippen LogP) is 4.73. The fraction of sp³-hybridized carbons (Fsp3) is 0.208. The molecule has 0 saturated carbocycles. The van der Waals surface area contributed by atoms with Crippen LogP contribution in [0.2, 0.25) is 0 Å². The van der Waals surface area contributed by atoms with Crippen molar-refractivity contribution < 1.29 is 14.0 Å². The summed E-state index contributed by atoms with van der Waals surface area (Å²) in [4.78, 5) is 35.8. The monoisotopic (exact) mass is 448 g/mol. The molecule has 0 radical (unpaired) electrons. The van der Waals surface area contributed by atoms with Crippen LogP contribution in [0.1, 0.15) is 23.3 Å². The van der Waals surface area contributed by atoms with Gasteiger partial charge in [0.15, 0.2) is 0 Å². The molecule has 0 bridgehead atoms. The molecule has 0 atom stereocenters. The van der Waals surface area contributed by atoms with Gasteiger partial charge in [-0.25, -0.2) is 9.37 Å². The summed E-state index contributed by atoms with van der Waals surface area (Å²) in [5, 5.41) is 4.92. The van der Waals surface area contributed by atoms with Crippen LogP contribution >= 0.6 is 11.3 Å². The van der Waals surface area contributed by atoms with Crippen molar-refractivity contribution in [2.45, 2.75) is 25.8 Å². The fourth-order valence-corrected chi connectivity index (χ4v) is 4.78. The summed E-state index contributed by atoms with van der Waals surface area (Å²) in [6, 6.07) is 13.6. The number of hydrogen-bond acceptors (Lipinski definition) is 4. The largest absolute Gasteiger partial charge is 0.338 e. The second-order valence-corrected chi connectivity index (χ2v) is 8.81. The van der Waals surface area contributed by atoms with Gasteiger partial charge >= 0.3 is 0 Å². The van der Waals surface area contributed by atoms with Gasteiger partial charge in [0.05, 0.1) is 11.0 Å². The average molecular weight is 449 g/mol. The molecule has 32 heavy (non-hydrogen) atoms. The van der Waals surface area contributed by atoms with Gasteiger partial charge in [-0.15, -0.1) is 11.3 Å². The van der Waals surface area contributed by atoms with Gasteiger partial charge < -0.3 is 15.2 Å². The molecule has 4 aromatic rings. The topological polar surface area (TPSA) is 78.1 Å². The van der Waals surface area contributed by atoms with Gasteiger partial charge in [0.25, 0.3) is 0 Å². The highest BCUT2D eigenvalue weighted by atomic mass is 32.1. The van der Waals surface area contributed by atoms with E-state index in [2.05, 4.69) is 26.7 Å². The number of hydrogen-bond donors (Lipinski definition) is 2. The normalized spacial score (nSPS) is 13.2. The van der Waals surface area contributed by atoms with E-state index in [9.17, 15) is 14.0 Å². The van der Waals surface area contributed by atoms with Crippen LogP contribution in [0, 0.1) is 5.82 Å². The Balaban J connectivity index is 1.19. The van der Waals surface area contributed by atoms with E-state index in [1.807, 2.05) is 11.0 Å². The molecule has 8 heteroatoms. The van der Waals surface area contributed by atoms with E-state index in [4.69, 9.17) is 0 Å². The third-order valence-corrected chi connectivity index (χ3v) is 6.63. The van der Waals surface area contributed by atoms with Crippen molar-refractivity contribution in [3.63, 3.8) is 0 Å². The summed E-state index contributed by atoms with van der Waals surface area (Å²) < 4.78 is 13.2. The Hall–Kier alpha value is -3.52. The molecule has 0 aliphatic carbocycles. The number of aromatic amines is 1. The Labute approximate surface area is 188 Å². The second-order valence-electron chi connectivity index (χ2n) is 7.81. The molecule has 2 aromatic heterocycles. The van der Waals surface area contributed by atoms with Crippen LogP contribution < -0.4 is 5.32 Å². The Bertz CT molecular complexity index is 1300. The minimum Gasteiger partial charge on any atom is -0.338 e. The minimum absolute atomic E-state index is 0.00459. The van der Waals surface area contributed by atoms with Crippen LogP contribution in [0.25, 0.3) is 22.4 Å². The quantitative estimate of drug-likeness (QED) is 0.463. The first-order chi connectivity index (χ1) is 15.5. The number of thiophene rings is 1. The molecule has 0 unspecified atom stereocenters. The Kier molecular flexibility index (Phi) is 5.45. The van der Waals surface area contributed by atoms with E-state index < -0.39 is 0 Å². The molecule has 6 nitrogen and oxygen atoms in total.